The van der Waals surface area contributed by atoms with Crippen LogP contribution in [-0.2, 0) is 9.53 Å². The number of carbonyl (C=O) groups is 3. The molecular weight excluding hydrogens is 454 g/mol. The zero-order chi connectivity index (χ0) is 25.3. The monoisotopic (exact) mass is 485 g/mol. The fraction of sp³-hybridized carbons (Fsp3) is 0.310. The van der Waals surface area contributed by atoms with E-state index in [-0.39, 0.29) is 24.2 Å². The molecule has 1 aliphatic rings. The molecule has 1 heterocycles. The van der Waals surface area contributed by atoms with Gasteiger partial charge in [0.15, 0.2) is 0 Å². The Labute approximate surface area is 211 Å². The number of benzene rings is 2. The Balaban J connectivity index is 1.76. The molecule has 7 nitrogen and oxygen atoms in total. The van der Waals surface area contributed by atoms with Crippen molar-refractivity contribution in [3.63, 3.8) is 0 Å². The summed E-state index contributed by atoms with van der Waals surface area (Å²) in [4.78, 5) is 45.6. The Morgan fingerprint density at radius 2 is 1.64 bits per heavy atom. The maximum absolute atomic E-state index is 13.9. The molecular formula is C29H31N3O4. The van der Waals surface area contributed by atoms with Crippen molar-refractivity contribution in [1.82, 2.24) is 10.3 Å². The summed E-state index contributed by atoms with van der Waals surface area (Å²) in [5.74, 6) is -1.10. The molecule has 7 heteroatoms. The first-order valence-corrected chi connectivity index (χ1v) is 12.5. The van der Waals surface area contributed by atoms with Gasteiger partial charge in [-0.05, 0) is 61.7 Å². The standard InChI is InChI=1S/C29H31N3O4/c1-2-36-29(35)22-16-18-24(19-17-22)32(28(34)25-15-9-10-20-30-25)26(21-11-5-3-6-12-21)27(33)31-23-13-7-4-8-14-23/h3,5-6,9-12,15-20,23,26H,2,4,7-8,13-14H2,1H3,(H,31,33). The first-order valence-electron chi connectivity index (χ1n) is 12.5. The molecule has 4 rings (SSSR count). The van der Waals surface area contributed by atoms with E-state index < -0.39 is 17.9 Å². The molecule has 1 fully saturated rings. The number of nitrogens with one attached hydrogen (secondary N) is 1. The van der Waals surface area contributed by atoms with Gasteiger partial charge in [-0.2, -0.15) is 0 Å². The minimum absolute atomic E-state index is 0.0791. The summed E-state index contributed by atoms with van der Waals surface area (Å²) < 4.78 is 5.09. The van der Waals surface area contributed by atoms with Gasteiger partial charge < -0.3 is 10.1 Å². The molecule has 36 heavy (non-hydrogen) atoms. The van der Waals surface area contributed by atoms with Crippen molar-refractivity contribution < 1.29 is 19.1 Å². The van der Waals surface area contributed by atoms with Gasteiger partial charge in [-0.3, -0.25) is 19.5 Å². The van der Waals surface area contributed by atoms with E-state index in [1.165, 1.54) is 11.3 Å². The van der Waals surface area contributed by atoms with E-state index >= 15 is 0 Å². The van der Waals surface area contributed by atoms with Crippen LogP contribution in [0.15, 0.2) is 79.0 Å². The summed E-state index contributed by atoms with van der Waals surface area (Å²) in [6.07, 6.45) is 6.73. The van der Waals surface area contributed by atoms with Crippen LogP contribution in [0.3, 0.4) is 0 Å². The topological polar surface area (TPSA) is 88.6 Å². The van der Waals surface area contributed by atoms with Crippen LogP contribution in [0.2, 0.25) is 0 Å². The number of amides is 2. The van der Waals surface area contributed by atoms with Gasteiger partial charge in [-0.25, -0.2) is 4.79 Å². The third-order valence-corrected chi connectivity index (χ3v) is 6.33. The highest BCUT2D eigenvalue weighted by molar-refractivity contribution is 6.09. The second-order valence-electron chi connectivity index (χ2n) is 8.81. The minimum atomic E-state index is -0.920. The molecule has 0 radical (unpaired) electrons. The van der Waals surface area contributed by atoms with Gasteiger partial charge in [-0.15, -0.1) is 0 Å². The normalized spacial score (nSPS) is 14.5. The first kappa shape index (κ1) is 25.1. The van der Waals surface area contributed by atoms with Gasteiger partial charge in [0.05, 0.1) is 12.2 Å². The van der Waals surface area contributed by atoms with E-state index in [0.717, 1.165) is 25.7 Å². The molecule has 1 unspecified atom stereocenters. The van der Waals surface area contributed by atoms with Gasteiger partial charge in [0, 0.05) is 17.9 Å². The average Bonchev–Trinajstić information content (AvgIpc) is 2.93. The lowest BCUT2D eigenvalue weighted by Crippen LogP contribution is -2.47. The lowest BCUT2D eigenvalue weighted by atomic mass is 9.94. The first-order chi connectivity index (χ1) is 17.6. The number of nitrogens with zero attached hydrogens (tertiary/aromatic N) is 2. The summed E-state index contributed by atoms with van der Waals surface area (Å²) >= 11 is 0. The molecule has 1 aliphatic carbocycles. The number of hydrogen-bond acceptors (Lipinski definition) is 5. The minimum Gasteiger partial charge on any atom is -0.462 e. The average molecular weight is 486 g/mol. The number of anilines is 1. The van der Waals surface area contributed by atoms with Crippen molar-refractivity contribution in [3.8, 4) is 0 Å². The largest absolute Gasteiger partial charge is 0.462 e. The summed E-state index contributed by atoms with van der Waals surface area (Å²) in [5.41, 5.74) is 1.75. The van der Waals surface area contributed by atoms with E-state index in [1.807, 2.05) is 30.3 Å². The summed E-state index contributed by atoms with van der Waals surface area (Å²) in [6.45, 7) is 2.01. The Morgan fingerprint density at radius 1 is 0.944 bits per heavy atom. The smallest absolute Gasteiger partial charge is 0.338 e. The third-order valence-electron chi connectivity index (χ3n) is 6.33. The number of ether oxygens (including phenoxy) is 1. The van der Waals surface area contributed by atoms with Crippen molar-refractivity contribution in [2.45, 2.75) is 51.1 Å². The van der Waals surface area contributed by atoms with Crippen LogP contribution in [0.4, 0.5) is 5.69 Å². The zero-order valence-corrected chi connectivity index (χ0v) is 20.4. The van der Waals surface area contributed by atoms with Crippen molar-refractivity contribution in [2.75, 3.05) is 11.5 Å². The Bertz CT molecular complexity index is 1160. The number of aromatic nitrogens is 1. The highest BCUT2D eigenvalue weighted by Gasteiger charge is 2.35. The highest BCUT2D eigenvalue weighted by atomic mass is 16.5. The van der Waals surface area contributed by atoms with Gasteiger partial charge in [0.25, 0.3) is 5.91 Å². The van der Waals surface area contributed by atoms with Crippen molar-refractivity contribution >= 4 is 23.5 Å². The molecule has 0 aliphatic heterocycles. The number of pyridine rings is 1. The molecule has 1 saturated carbocycles. The molecule has 2 amide bonds. The van der Waals surface area contributed by atoms with Crippen molar-refractivity contribution in [2.24, 2.45) is 0 Å². The molecule has 0 spiro atoms. The van der Waals surface area contributed by atoms with Crippen LogP contribution in [0.5, 0.6) is 0 Å². The lowest BCUT2D eigenvalue weighted by Gasteiger charge is -2.33. The highest BCUT2D eigenvalue weighted by Crippen LogP contribution is 2.31. The maximum Gasteiger partial charge on any atom is 0.338 e. The Kier molecular flexibility index (Phi) is 8.44. The second kappa shape index (κ2) is 12.1. The van der Waals surface area contributed by atoms with Gasteiger partial charge in [-0.1, -0.05) is 55.7 Å². The molecule has 1 aromatic heterocycles. The van der Waals surface area contributed by atoms with Crippen LogP contribution < -0.4 is 10.2 Å². The van der Waals surface area contributed by atoms with E-state index in [2.05, 4.69) is 10.3 Å². The fourth-order valence-corrected chi connectivity index (χ4v) is 4.55. The van der Waals surface area contributed by atoms with Gasteiger partial charge in [0.2, 0.25) is 5.91 Å². The summed E-state index contributed by atoms with van der Waals surface area (Å²) in [6, 6.07) is 20.1. The van der Waals surface area contributed by atoms with Crippen LogP contribution >= 0.6 is 0 Å². The fourth-order valence-electron chi connectivity index (χ4n) is 4.55. The quantitative estimate of drug-likeness (QED) is 0.449. The molecule has 0 saturated heterocycles. The number of carbonyl (C=O) groups excluding carboxylic acids is 3. The second-order valence-corrected chi connectivity index (χ2v) is 8.81. The summed E-state index contributed by atoms with van der Waals surface area (Å²) in [5, 5.41) is 3.19. The van der Waals surface area contributed by atoms with E-state index in [9.17, 15) is 14.4 Å². The van der Waals surface area contributed by atoms with Gasteiger partial charge in [0.1, 0.15) is 11.7 Å². The molecule has 0 bridgehead atoms. The third kappa shape index (κ3) is 5.97. The van der Waals surface area contributed by atoms with E-state index in [0.29, 0.717) is 16.8 Å². The van der Waals surface area contributed by atoms with Crippen molar-refractivity contribution in [1.29, 1.82) is 0 Å². The molecule has 186 valence electrons. The number of esters is 1. The molecule has 2 aromatic carbocycles. The molecule has 3 aromatic rings. The van der Waals surface area contributed by atoms with Gasteiger partial charge >= 0.3 is 5.97 Å². The predicted octanol–water partition coefficient (Wildman–Crippen LogP) is 5.10. The lowest BCUT2D eigenvalue weighted by molar-refractivity contribution is -0.123. The molecule has 1 atom stereocenters. The SMILES string of the molecule is CCOC(=O)c1ccc(N(C(=O)c2ccccn2)C(C(=O)NC2CCCCC2)c2ccccc2)cc1. The molecule has 1 N–H and O–H groups in total. The number of hydrogen-bond donors (Lipinski definition) is 1. The zero-order valence-electron chi connectivity index (χ0n) is 20.4. The van der Waals surface area contributed by atoms with E-state index in [4.69, 9.17) is 4.74 Å². The van der Waals surface area contributed by atoms with Crippen LogP contribution in [0.1, 0.15) is 71.5 Å². The van der Waals surface area contributed by atoms with Crippen LogP contribution in [0, 0.1) is 0 Å². The Morgan fingerprint density at radius 3 is 2.28 bits per heavy atom. The predicted molar refractivity (Wildman–Crippen MR) is 138 cm³/mol. The maximum atomic E-state index is 13.9. The number of rotatable bonds is 8. The van der Waals surface area contributed by atoms with E-state index in [1.54, 1.807) is 55.6 Å². The van der Waals surface area contributed by atoms with Crippen molar-refractivity contribution in [3.05, 3.63) is 95.8 Å². The Hall–Kier alpha value is -4.00. The van der Waals surface area contributed by atoms with Crippen LogP contribution in [0.25, 0.3) is 0 Å². The summed E-state index contributed by atoms with van der Waals surface area (Å²) in [7, 11) is 0. The van der Waals surface area contributed by atoms with Crippen LogP contribution in [-0.4, -0.2) is 35.4 Å².